The fourth-order valence-electron chi connectivity index (χ4n) is 2.96. The van der Waals surface area contributed by atoms with Crippen LogP contribution in [0, 0.1) is 0 Å². The molecule has 0 radical (unpaired) electrons. The number of anilines is 1. The van der Waals surface area contributed by atoms with E-state index in [1.165, 1.54) is 0 Å². The summed E-state index contributed by atoms with van der Waals surface area (Å²) in [5.41, 5.74) is 1.79. The number of morpholine rings is 1. The van der Waals surface area contributed by atoms with Gasteiger partial charge in [0.05, 0.1) is 13.2 Å². The standard InChI is InChI=1S/C17H23N3O3/c21-16-6-1-2-8-20(16)11-13-4-3-5-14(10-13)19-17(22)15-12-23-9-7-18-15/h3-5,10,15,18H,1-2,6-9,11-12H2,(H,19,22). The van der Waals surface area contributed by atoms with E-state index < -0.39 is 0 Å². The van der Waals surface area contributed by atoms with E-state index in [-0.39, 0.29) is 17.9 Å². The van der Waals surface area contributed by atoms with Crippen molar-refractivity contribution in [2.24, 2.45) is 0 Å². The first-order chi connectivity index (χ1) is 11.2. The van der Waals surface area contributed by atoms with Crippen molar-refractivity contribution in [2.45, 2.75) is 31.8 Å². The van der Waals surface area contributed by atoms with Crippen LogP contribution in [-0.2, 0) is 20.9 Å². The van der Waals surface area contributed by atoms with Crippen LogP contribution in [0.25, 0.3) is 0 Å². The summed E-state index contributed by atoms with van der Waals surface area (Å²) in [5, 5.41) is 6.05. The van der Waals surface area contributed by atoms with Crippen molar-refractivity contribution in [3.8, 4) is 0 Å². The number of benzene rings is 1. The van der Waals surface area contributed by atoms with Crippen molar-refractivity contribution in [1.82, 2.24) is 10.2 Å². The normalized spacial score (nSPS) is 22.0. The van der Waals surface area contributed by atoms with Gasteiger partial charge in [-0.25, -0.2) is 0 Å². The SMILES string of the molecule is O=C(Nc1cccc(CN2CCCCC2=O)c1)C1COCCN1. The lowest BCUT2D eigenvalue weighted by Gasteiger charge is -2.27. The largest absolute Gasteiger partial charge is 0.378 e. The molecule has 1 aromatic rings. The van der Waals surface area contributed by atoms with Gasteiger partial charge in [0.2, 0.25) is 11.8 Å². The van der Waals surface area contributed by atoms with Gasteiger partial charge in [-0.1, -0.05) is 12.1 Å². The average Bonchev–Trinajstić information content (AvgIpc) is 2.58. The van der Waals surface area contributed by atoms with E-state index in [0.29, 0.717) is 32.7 Å². The second kappa shape index (κ2) is 7.57. The Morgan fingerprint density at radius 3 is 3.09 bits per heavy atom. The van der Waals surface area contributed by atoms with Crippen molar-refractivity contribution in [1.29, 1.82) is 0 Å². The number of hydrogen-bond donors (Lipinski definition) is 2. The van der Waals surface area contributed by atoms with Crippen molar-refractivity contribution in [3.05, 3.63) is 29.8 Å². The molecule has 2 fully saturated rings. The van der Waals surface area contributed by atoms with E-state index in [9.17, 15) is 9.59 Å². The smallest absolute Gasteiger partial charge is 0.243 e. The van der Waals surface area contributed by atoms with Gasteiger partial charge in [0.1, 0.15) is 6.04 Å². The van der Waals surface area contributed by atoms with Gasteiger partial charge in [0.15, 0.2) is 0 Å². The number of nitrogens with zero attached hydrogens (tertiary/aromatic N) is 1. The number of hydrogen-bond acceptors (Lipinski definition) is 4. The molecule has 1 atom stereocenters. The number of carbonyl (C=O) groups excluding carboxylic acids is 2. The highest BCUT2D eigenvalue weighted by Crippen LogP contribution is 2.17. The van der Waals surface area contributed by atoms with Crippen LogP contribution in [0.2, 0.25) is 0 Å². The van der Waals surface area contributed by atoms with Gasteiger partial charge in [0.25, 0.3) is 0 Å². The third-order valence-electron chi connectivity index (χ3n) is 4.23. The number of nitrogens with one attached hydrogen (secondary N) is 2. The van der Waals surface area contributed by atoms with Crippen LogP contribution >= 0.6 is 0 Å². The summed E-state index contributed by atoms with van der Waals surface area (Å²) in [4.78, 5) is 26.0. The number of amides is 2. The molecule has 2 N–H and O–H groups in total. The molecule has 2 amide bonds. The molecule has 124 valence electrons. The Morgan fingerprint density at radius 2 is 2.30 bits per heavy atom. The van der Waals surface area contributed by atoms with Crippen molar-refractivity contribution in [3.63, 3.8) is 0 Å². The number of rotatable bonds is 4. The minimum atomic E-state index is -0.309. The van der Waals surface area contributed by atoms with E-state index in [1.807, 2.05) is 29.2 Å². The first-order valence-corrected chi connectivity index (χ1v) is 8.21. The Bertz CT molecular complexity index is 570. The maximum Gasteiger partial charge on any atom is 0.243 e. The number of ether oxygens (including phenoxy) is 1. The Labute approximate surface area is 136 Å². The summed E-state index contributed by atoms with van der Waals surface area (Å²) in [6, 6.07) is 7.38. The summed E-state index contributed by atoms with van der Waals surface area (Å²) >= 11 is 0. The van der Waals surface area contributed by atoms with Gasteiger partial charge in [0, 0.05) is 31.7 Å². The number of carbonyl (C=O) groups is 2. The molecule has 0 spiro atoms. The van der Waals surface area contributed by atoms with E-state index in [1.54, 1.807) is 0 Å². The topological polar surface area (TPSA) is 70.7 Å². The first kappa shape index (κ1) is 16.0. The van der Waals surface area contributed by atoms with Crippen LogP contribution in [0.3, 0.4) is 0 Å². The van der Waals surface area contributed by atoms with Gasteiger partial charge in [-0.05, 0) is 30.5 Å². The molecule has 0 aliphatic carbocycles. The molecule has 3 rings (SSSR count). The van der Waals surface area contributed by atoms with Crippen molar-refractivity contribution in [2.75, 3.05) is 31.6 Å². The van der Waals surface area contributed by atoms with Gasteiger partial charge in [-0.15, -0.1) is 0 Å². The fraction of sp³-hybridized carbons (Fsp3) is 0.529. The van der Waals surface area contributed by atoms with Gasteiger partial charge < -0.3 is 20.3 Å². The molecule has 0 bridgehead atoms. The van der Waals surface area contributed by atoms with E-state index >= 15 is 0 Å². The third kappa shape index (κ3) is 4.30. The van der Waals surface area contributed by atoms with Crippen LogP contribution in [0.1, 0.15) is 24.8 Å². The second-order valence-corrected chi connectivity index (χ2v) is 6.04. The van der Waals surface area contributed by atoms with Crippen LogP contribution in [0.4, 0.5) is 5.69 Å². The number of likely N-dealkylation sites (tertiary alicyclic amines) is 1. The van der Waals surface area contributed by atoms with Gasteiger partial charge >= 0.3 is 0 Å². The van der Waals surface area contributed by atoms with E-state index in [2.05, 4.69) is 10.6 Å². The molecular formula is C17H23N3O3. The molecule has 0 saturated carbocycles. The highest BCUT2D eigenvalue weighted by molar-refractivity contribution is 5.95. The second-order valence-electron chi connectivity index (χ2n) is 6.04. The lowest BCUT2D eigenvalue weighted by molar-refractivity contribution is -0.133. The minimum Gasteiger partial charge on any atom is -0.378 e. The first-order valence-electron chi connectivity index (χ1n) is 8.21. The molecule has 1 unspecified atom stereocenters. The van der Waals surface area contributed by atoms with E-state index in [4.69, 9.17) is 4.74 Å². The van der Waals surface area contributed by atoms with Gasteiger partial charge in [-0.2, -0.15) is 0 Å². The molecule has 2 aliphatic rings. The maximum absolute atomic E-state index is 12.2. The highest BCUT2D eigenvalue weighted by Gasteiger charge is 2.21. The Hall–Kier alpha value is -1.92. The molecule has 1 aromatic carbocycles. The molecule has 6 heteroatoms. The Balaban J connectivity index is 1.60. The summed E-state index contributed by atoms with van der Waals surface area (Å²) in [7, 11) is 0. The third-order valence-corrected chi connectivity index (χ3v) is 4.23. The van der Waals surface area contributed by atoms with Crippen molar-refractivity contribution >= 4 is 17.5 Å². The van der Waals surface area contributed by atoms with Crippen LogP contribution < -0.4 is 10.6 Å². The van der Waals surface area contributed by atoms with Crippen LogP contribution in [0.5, 0.6) is 0 Å². The Kier molecular flexibility index (Phi) is 5.25. The number of piperidine rings is 1. The summed E-state index contributed by atoms with van der Waals surface area (Å²) in [5.74, 6) is 0.130. The maximum atomic E-state index is 12.2. The molecule has 2 heterocycles. The minimum absolute atomic E-state index is 0.0871. The zero-order valence-corrected chi connectivity index (χ0v) is 13.2. The summed E-state index contributed by atoms with van der Waals surface area (Å²) < 4.78 is 5.31. The predicted molar refractivity (Wildman–Crippen MR) is 86.9 cm³/mol. The monoisotopic (exact) mass is 317 g/mol. The van der Waals surface area contributed by atoms with Crippen molar-refractivity contribution < 1.29 is 14.3 Å². The molecule has 23 heavy (non-hydrogen) atoms. The quantitative estimate of drug-likeness (QED) is 0.873. The highest BCUT2D eigenvalue weighted by atomic mass is 16.5. The zero-order chi connectivity index (χ0) is 16.1. The van der Waals surface area contributed by atoms with E-state index in [0.717, 1.165) is 30.6 Å². The van der Waals surface area contributed by atoms with Crippen LogP contribution in [0.15, 0.2) is 24.3 Å². The molecule has 2 saturated heterocycles. The Morgan fingerprint density at radius 1 is 1.39 bits per heavy atom. The van der Waals surface area contributed by atoms with Gasteiger partial charge in [-0.3, -0.25) is 9.59 Å². The molecule has 0 aromatic heterocycles. The fourth-order valence-corrected chi connectivity index (χ4v) is 2.96. The lowest BCUT2D eigenvalue weighted by Crippen LogP contribution is -2.48. The molecule has 6 nitrogen and oxygen atoms in total. The average molecular weight is 317 g/mol. The summed E-state index contributed by atoms with van der Waals surface area (Å²) in [6.07, 6.45) is 2.70. The predicted octanol–water partition coefficient (Wildman–Crippen LogP) is 1.13. The molecular weight excluding hydrogens is 294 g/mol. The lowest BCUT2D eigenvalue weighted by atomic mass is 10.1. The van der Waals surface area contributed by atoms with Crippen LogP contribution in [-0.4, -0.2) is 49.1 Å². The molecule has 2 aliphatic heterocycles. The zero-order valence-electron chi connectivity index (χ0n) is 13.2. The summed E-state index contributed by atoms with van der Waals surface area (Å²) in [6.45, 7) is 3.15.